The Balaban J connectivity index is 1.20. The summed E-state index contributed by atoms with van der Waals surface area (Å²) in [6, 6.07) is 45.7. The summed E-state index contributed by atoms with van der Waals surface area (Å²) in [5.74, 6) is 4.35. The van der Waals surface area contributed by atoms with E-state index >= 15 is 8.42 Å². The first kappa shape index (κ1) is 54.3. The average molecular weight is 1070 g/mol. The number of nitrogens with one attached hydrogen (secondary N) is 1. The minimum absolute atomic E-state index is 0.0134. The van der Waals surface area contributed by atoms with E-state index in [9.17, 15) is 9.90 Å². The van der Waals surface area contributed by atoms with Crippen LogP contribution in [0.25, 0.3) is 22.5 Å². The van der Waals surface area contributed by atoms with Gasteiger partial charge in [0.05, 0.1) is 52.6 Å². The normalized spacial score (nSPS) is 14.4. The van der Waals surface area contributed by atoms with Crippen LogP contribution in [0.4, 0.5) is 10.6 Å². The van der Waals surface area contributed by atoms with Gasteiger partial charge >= 0.3 is 6.09 Å². The molecule has 1 amide bonds. The summed E-state index contributed by atoms with van der Waals surface area (Å²) < 4.78 is 61.6. The van der Waals surface area contributed by atoms with E-state index in [0.29, 0.717) is 85.0 Å². The van der Waals surface area contributed by atoms with Crippen molar-refractivity contribution in [3.05, 3.63) is 185 Å². The Labute approximate surface area is 455 Å². The van der Waals surface area contributed by atoms with E-state index in [1.807, 2.05) is 146 Å². The maximum Gasteiger partial charge on any atom is 0.404 e. The number of methoxy groups -OCH3 is 5. The number of hydrogen-bond donors (Lipinski definition) is 2. The highest BCUT2D eigenvalue weighted by Crippen LogP contribution is 2.42. The van der Waals surface area contributed by atoms with Gasteiger partial charge in [-0.3, -0.25) is 0 Å². The number of sulfonamides is 1. The fourth-order valence-electron chi connectivity index (χ4n) is 9.92. The summed E-state index contributed by atoms with van der Waals surface area (Å²) in [5.41, 5.74) is 6.51. The van der Waals surface area contributed by atoms with Gasteiger partial charge in [0.25, 0.3) is 0 Å². The number of aromatic nitrogens is 5. The zero-order valence-corrected chi connectivity index (χ0v) is 45.2. The maximum absolute atomic E-state index is 16.4. The standard InChI is InChI=1S/C60H64N8O9S/c1-73-50-22-8-42(9-23-50)36-66(37-43-10-24-51(74-2)25-11-43)56-33-19-48(35-61-56)55-32-18-47(34-41-6-20-49(21-7-41)62-60(69)70)58(57(55)59-63-65-68(64-59)40-46-16-30-54(77-5)31-17-46)78(71,72)67(38-44-12-26-52(75-3)27-13-44)39-45-14-28-53(76-4)29-15-45/h8-19,22-33,35,41,49,62H,6-7,20-21,34,36-40H2,1-5H3,(H,69,70). The number of pyridine rings is 1. The van der Waals surface area contributed by atoms with Crippen LogP contribution >= 0.6 is 0 Å². The third kappa shape index (κ3) is 13.4. The van der Waals surface area contributed by atoms with Crippen LogP contribution in [-0.2, 0) is 49.2 Å². The van der Waals surface area contributed by atoms with Gasteiger partial charge in [-0.15, -0.1) is 10.2 Å². The molecule has 0 spiro atoms. The Morgan fingerprint density at radius 1 is 0.603 bits per heavy atom. The van der Waals surface area contributed by atoms with Gasteiger partial charge in [0.2, 0.25) is 15.8 Å². The second kappa shape index (κ2) is 25.1. The van der Waals surface area contributed by atoms with Crippen molar-refractivity contribution in [1.82, 2.24) is 34.8 Å². The third-order valence-electron chi connectivity index (χ3n) is 14.2. The number of amides is 1. The van der Waals surface area contributed by atoms with Crippen molar-refractivity contribution in [1.29, 1.82) is 0 Å². The highest BCUT2D eigenvalue weighted by Gasteiger charge is 2.36. The molecule has 9 rings (SSSR count). The van der Waals surface area contributed by atoms with E-state index < -0.39 is 16.1 Å². The minimum atomic E-state index is -4.50. The Bertz CT molecular complexity index is 3250. The van der Waals surface area contributed by atoms with Gasteiger partial charge in [-0.1, -0.05) is 72.8 Å². The Hall–Kier alpha value is -8.48. The van der Waals surface area contributed by atoms with Crippen LogP contribution < -0.4 is 33.9 Å². The summed E-state index contributed by atoms with van der Waals surface area (Å²) >= 11 is 0. The lowest BCUT2D eigenvalue weighted by molar-refractivity contribution is 0.182. The van der Waals surface area contributed by atoms with E-state index in [0.717, 1.165) is 39.3 Å². The van der Waals surface area contributed by atoms with Gasteiger partial charge in [0, 0.05) is 44.0 Å². The fraction of sp³-hybridized carbons (Fsp3) is 0.283. The Kier molecular flexibility index (Phi) is 17.5. The molecule has 2 heterocycles. The molecule has 0 aliphatic heterocycles. The van der Waals surface area contributed by atoms with E-state index in [-0.39, 0.29) is 47.9 Å². The zero-order chi connectivity index (χ0) is 54.6. The van der Waals surface area contributed by atoms with Gasteiger partial charge in [0.1, 0.15) is 34.6 Å². The Morgan fingerprint density at radius 3 is 1.50 bits per heavy atom. The van der Waals surface area contributed by atoms with Gasteiger partial charge in [-0.2, -0.15) is 9.10 Å². The highest BCUT2D eigenvalue weighted by atomic mass is 32.2. The molecule has 8 aromatic rings. The van der Waals surface area contributed by atoms with Gasteiger partial charge in [-0.25, -0.2) is 18.2 Å². The van der Waals surface area contributed by atoms with Crippen LogP contribution in [0, 0.1) is 5.92 Å². The van der Waals surface area contributed by atoms with E-state index in [1.54, 1.807) is 41.7 Å². The maximum atomic E-state index is 16.4. The van der Waals surface area contributed by atoms with Crippen LogP contribution in [0.15, 0.2) is 157 Å². The monoisotopic (exact) mass is 1070 g/mol. The third-order valence-corrected chi connectivity index (χ3v) is 16.1. The lowest BCUT2D eigenvalue weighted by Gasteiger charge is -2.30. The van der Waals surface area contributed by atoms with E-state index in [4.69, 9.17) is 33.8 Å². The van der Waals surface area contributed by atoms with Crippen molar-refractivity contribution in [2.24, 2.45) is 5.92 Å². The summed E-state index contributed by atoms with van der Waals surface area (Å²) in [6.45, 7) is 1.33. The first-order valence-electron chi connectivity index (χ1n) is 25.7. The molecule has 0 saturated heterocycles. The molecular formula is C60H64N8O9S. The number of tetrazole rings is 1. The first-order chi connectivity index (χ1) is 37.9. The topological polar surface area (TPSA) is 193 Å². The van der Waals surface area contributed by atoms with Crippen LogP contribution in [0.1, 0.15) is 59.1 Å². The molecule has 1 fully saturated rings. The van der Waals surface area contributed by atoms with Gasteiger partial charge in [0.15, 0.2) is 0 Å². The molecule has 1 aliphatic rings. The average Bonchev–Trinajstić information content (AvgIpc) is 4.03. The molecule has 78 heavy (non-hydrogen) atoms. The first-order valence-corrected chi connectivity index (χ1v) is 27.2. The highest BCUT2D eigenvalue weighted by molar-refractivity contribution is 7.89. The summed E-state index contributed by atoms with van der Waals surface area (Å²) in [4.78, 5) is 20.5. The van der Waals surface area contributed by atoms with Crippen LogP contribution in [-0.4, -0.2) is 90.7 Å². The molecular weight excluding hydrogens is 1010 g/mol. The van der Waals surface area contributed by atoms with E-state index in [2.05, 4.69) is 20.5 Å². The largest absolute Gasteiger partial charge is 0.497 e. The summed E-state index contributed by atoms with van der Waals surface area (Å²) in [5, 5.41) is 26.4. The van der Waals surface area contributed by atoms with Crippen molar-refractivity contribution >= 4 is 21.9 Å². The molecule has 18 heteroatoms. The predicted octanol–water partition coefficient (Wildman–Crippen LogP) is 10.5. The SMILES string of the molecule is COc1ccc(CN(Cc2ccc(OC)cc2)c2ccc(-c3ccc(CC4CCC(NC(=O)O)CC4)c(S(=O)(=O)N(Cc4ccc(OC)cc4)Cc4ccc(OC)cc4)c3-c3nnn(Cc4ccc(OC)cc4)n3)cn2)cc1. The van der Waals surface area contributed by atoms with Crippen molar-refractivity contribution in [3.63, 3.8) is 0 Å². The van der Waals surface area contributed by atoms with Crippen molar-refractivity contribution in [3.8, 4) is 51.3 Å². The number of hydrogen-bond acceptors (Lipinski definition) is 13. The molecule has 0 bridgehead atoms. The lowest BCUT2D eigenvalue weighted by atomic mass is 9.82. The smallest absolute Gasteiger partial charge is 0.404 e. The molecule has 0 radical (unpaired) electrons. The second-order valence-corrected chi connectivity index (χ2v) is 21.1. The minimum Gasteiger partial charge on any atom is -0.497 e. The van der Waals surface area contributed by atoms with E-state index in [1.165, 1.54) is 9.10 Å². The fourth-order valence-corrected chi connectivity index (χ4v) is 11.8. The van der Waals surface area contributed by atoms with Gasteiger partial charge < -0.3 is 39.0 Å². The molecule has 6 aromatic carbocycles. The summed E-state index contributed by atoms with van der Waals surface area (Å²) in [6.07, 6.45) is 3.73. The number of carboxylic acid groups (broad SMARTS) is 1. The molecule has 1 aliphatic carbocycles. The lowest BCUT2D eigenvalue weighted by Crippen LogP contribution is -2.37. The molecule has 404 valence electrons. The molecule has 2 aromatic heterocycles. The molecule has 0 unspecified atom stereocenters. The van der Waals surface area contributed by atoms with Crippen LogP contribution in [0.5, 0.6) is 28.7 Å². The number of nitrogens with zero attached hydrogens (tertiary/aromatic N) is 7. The van der Waals surface area contributed by atoms with Crippen molar-refractivity contribution < 1.29 is 42.0 Å². The van der Waals surface area contributed by atoms with Crippen LogP contribution in [0.2, 0.25) is 0 Å². The molecule has 2 N–H and O–H groups in total. The van der Waals surface area contributed by atoms with Gasteiger partial charge in [-0.05, 0) is 155 Å². The predicted molar refractivity (Wildman–Crippen MR) is 297 cm³/mol. The number of anilines is 1. The molecule has 1 saturated carbocycles. The van der Waals surface area contributed by atoms with Crippen LogP contribution in [0.3, 0.4) is 0 Å². The number of benzene rings is 6. The Morgan fingerprint density at radius 2 is 1.06 bits per heavy atom. The number of carbonyl (C=O) groups is 1. The quantitative estimate of drug-likeness (QED) is 0.0615. The number of ether oxygens (including phenoxy) is 5. The summed E-state index contributed by atoms with van der Waals surface area (Å²) in [7, 11) is 3.57. The molecule has 17 nitrogen and oxygen atoms in total. The zero-order valence-electron chi connectivity index (χ0n) is 44.4. The second-order valence-electron chi connectivity index (χ2n) is 19.3. The molecule has 0 atom stereocenters. The van der Waals surface area contributed by atoms with Crippen molar-refractivity contribution in [2.75, 3.05) is 40.4 Å². The van der Waals surface area contributed by atoms with Crippen molar-refractivity contribution in [2.45, 2.75) is 75.8 Å². The number of rotatable bonds is 23.